The van der Waals surface area contributed by atoms with Gasteiger partial charge in [-0.25, -0.2) is 0 Å². The van der Waals surface area contributed by atoms with Crippen LogP contribution < -0.4 is 0 Å². The molecule has 0 aromatic heterocycles. The lowest BCUT2D eigenvalue weighted by molar-refractivity contribution is 0.143. The van der Waals surface area contributed by atoms with Crippen molar-refractivity contribution in [3.8, 4) is 12.3 Å². The normalized spacial score (nSPS) is 24.5. The molecule has 1 heterocycles. The first kappa shape index (κ1) is 21.7. The SMILES string of the molecule is C#C/C=C(\C)[C@@H]1CO[Si](C(C)C)(C(C)C)O[Si](C(C)C)(C(C)C)O1. The smallest absolute Gasteiger partial charge is 0.335 e. The lowest BCUT2D eigenvalue weighted by Gasteiger charge is -2.45. The van der Waals surface area contributed by atoms with E-state index in [1.54, 1.807) is 6.08 Å². The molecule has 24 heavy (non-hydrogen) atoms. The molecule has 0 amide bonds. The Kier molecular flexibility index (Phi) is 7.52. The molecule has 0 aromatic carbocycles. The van der Waals surface area contributed by atoms with Gasteiger partial charge in [0.2, 0.25) is 0 Å². The van der Waals surface area contributed by atoms with E-state index in [-0.39, 0.29) is 6.10 Å². The third-order valence-electron chi connectivity index (χ3n) is 5.14. The molecule has 0 unspecified atom stereocenters. The molecule has 1 saturated heterocycles. The van der Waals surface area contributed by atoms with Crippen LogP contribution in [-0.2, 0) is 13.0 Å². The number of rotatable bonds is 5. The first-order chi connectivity index (χ1) is 11.0. The van der Waals surface area contributed by atoms with Gasteiger partial charge in [0, 0.05) is 0 Å². The summed E-state index contributed by atoms with van der Waals surface area (Å²) in [4.78, 5) is 0. The van der Waals surface area contributed by atoms with E-state index in [2.05, 4.69) is 61.3 Å². The highest BCUT2D eigenvalue weighted by Gasteiger charge is 2.58. The predicted octanol–water partition coefficient (Wildman–Crippen LogP) is 5.52. The van der Waals surface area contributed by atoms with Crippen molar-refractivity contribution < 1.29 is 13.0 Å². The maximum absolute atomic E-state index is 7.05. The van der Waals surface area contributed by atoms with Crippen molar-refractivity contribution in [2.75, 3.05) is 6.61 Å². The molecule has 1 aliphatic heterocycles. The van der Waals surface area contributed by atoms with Crippen molar-refractivity contribution in [1.29, 1.82) is 0 Å². The molecule has 0 radical (unpaired) electrons. The summed E-state index contributed by atoms with van der Waals surface area (Å²) >= 11 is 0. The Labute approximate surface area is 151 Å². The second-order valence-corrected chi connectivity index (χ2v) is 17.0. The molecular weight excluding hydrogens is 332 g/mol. The first-order valence-electron chi connectivity index (χ1n) is 9.18. The summed E-state index contributed by atoms with van der Waals surface area (Å²) in [5.41, 5.74) is 2.51. The van der Waals surface area contributed by atoms with Crippen molar-refractivity contribution in [2.24, 2.45) is 0 Å². The molecule has 0 N–H and O–H groups in total. The van der Waals surface area contributed by atoms with Crippen LogP contribution >= 0.6 is 0 Å². The molecule has 0 spiro atoms. The van der Waals surface area contributed by atoms with Crippen LogP contribution in [0.15, 0.2) is 11.6 Å². The van der Waals surface area contributed by atoms with Crippen molar-refractivity contribution in [3.05, 3.63) is 11.6 Å². The highest BCUT2D eigenvalue weighted by Crippen LogP contribution is 2.46. The van der Waals surface area contributed by atoms with E-state index in [0.29, 0.717) is 28.8 Å². The summed E-state index contributed by atoms with van der Waals surface area (Å²) in [6.07, 6.45) is 7.17. The highest BCUT2D eigenvalue weighted by atomic mass is 28.5. The van der Waals surface area contributed by atoms with Gasteiger partial charge in [0.25, 0.3) is 0 Å². The zero-order valence-corrected chi connectivity index (χ0v) is 19.0. The van der Waals surface area contributed by atoms with Crippen LogP contribution in [0.25, 0.3) is 0 Å². The van der Waals surface area contributed by atoms with Crippen molar-refractivity contribution in [1.82, 2.24) is 0 Å². The van der Waals surface area contributed by atoms with E-state index in [4.69, 9.17) is 19.4 Å². The summed E-state index contributed by atoms with van der Waals surface area (Å²) in [6.45, 7) is 20.4. The van der Waals surface area contributed by atoms with Gasteiger partial charge in [-0.05, 0) is 40.7 Å². The molecule has 0 saturated carbocycles. The van der Waals surface area contributed by atoms with Crippen molar-refractivity contribution in [2.45, 2.75) is 90.6 Å². The number of hydrogen-bond donors (Lipinski definition) is 0. The Morgan fingerprint density at radius 2 is 1.42 bits per heavy atom. The van der Waals surface area contributed by atoms with Gasteiger partial charge < -0.3 is 13.0 Å². The monoisotopic (exact) mass is 368 g/mol. The van der Waals surface area contributed by atoms with E-state index >= 15 is 0 Å². The molecule has 5 heteroatoms. The standard InChI is InChI=1S/C19H36O3Si2/c1-11-12-18(10)19-13-20-23(14(2)3,15(4)5)22-24(21-19,16(6)7)17(8)9/h1,12,14-17,19H,13H2,2-10H3/b18-12+/t19-/m0/s1. The fourth-order valence-electron chi connectivity index (χ4n) is 3.62. The molecule has 1 fully saturated rings. The van der Waals surface area contributed by atoms with Gasteiger partial charge in [0.1, 0.15) is 0 Å². The molecule has 0 aromatic rings. The fourth-order valence-corrected chi connectivity index (χ4v) is 14.8. The topological polar surface area (TPSA) is 27.7 Å². The van der Waals surface area contributed by atoms with E-state index in [0.717, 1.165) is 5.57 Å². The van der Waals surface area contributed by atoms with Crippen LogP contribution in [-0.4, -0.2) is 29.8 Å². The summed E-state index contributed by atoms with van der Waals surface area (Å²) in [7, 11) is -4.88. The van der Waals surface area contributed by atoms with Crippen LogP contribution in [0.1, 0.15) is 62.3 Å². The largest absolute Gasteiger partial charge is 0.414 e. The van der Waals surface area contributed by atoms with E-state index < -0.39 is 17.1 Å². The zero-order chi connectivity index (χ0) is 18.7. The fraction of sp³-hybridized carbons (Fsp3) is 0.789. The van der Waals surface area contributed by atoms with Crippen LogP contribution in [0.3, 0.4) is 0 Å². The van der Waals surface area contributed by atoms with Crippen LogP contribution in [0.4, 0.5) is 0 Å². The van der Waals surface area contributed by atoms with Gasteiger partial charge in [0.15, 0.2) is 0 Å². The molecule has 1 aliphatic rings. The number of allylic oxidation sites excluding steroid dienone is 1. The molecular formula is C19H36O3Si2. The van der Waals surface area contributed by atoms with Gasteiger partial charge in [-0.3, -0.25) is 0 Å². The second kappa shape index (κ2) is 8.33. The van der Waals surface area contributed by atoms with Gasteiger partial charge in [0.05, 0.1) is 12.7 Å². The molecule has 1 rings (SSSR count). The number of terminal acetylenes is 1. The van der Waals surface area contributed by atoms with E-state index in [1.165, 1.54) is 0 Å². The van der Waals surface area contributed by atoms with E-state index in [9.17, 15) is 0 Å². The third-order valence-corrected chi connectivity index (χ3v) is 15.4. The first-order valence-corrected chi connectivity index (χ1v) is 13.1. The third kappa shape index (κ3) is 4.05. The molecule has 138 valence electrons. The highest BCUT2D eigenvalue weighted by molar-refractivity contribution is 6.84. The van der Waals surface area contributed by atoms with Gasteiger partial charge in [-0.15, -0.1) is 6.42 Å². The van der Waals surface area contributed by atoms with E-state index in [1.807, 2.05) is 6.92 Å². The van der Waals surface area contributed by atoms with Gasteiger partial charge >= 0.3 is 17.1 Å². The Morgan fingerprint density at radius 1 is 0.958 bits per heavy atom. The lowest BCUT2D eigenvalue weighted by Crippen LogP contribution is -2.59. The van der Waals surface area contributed by atoms with Crippen molar-refractivity contribution >= 4 is 17.1 Å². The Hall–Kier alpha value is -0.386. The Bertz CT molecular complexity index is 473. The quantitative estimate of drug-likeness (QED) is 0.472. The molecule has 1 atom stereocenters. The lowest BCUT2D eigenvalue weighted by atomic mass is 10.2. The Balaban J connectivity index is 3.47. The maximum atomic E-state index is 7.05. The maximum Gasteiger partial charge on any atom is 0.335 e. The summed E-state index contributed by atoms with van der Waals surface area (Å²) < 4.78 is 20.4. The average Bonchev–Trinajstić information content (AvgIpc) is 2.66. The average molecular weight is 369 g/mol. The molecule has 0 aliphatic carbocycles. The molecule has 3 nitrogen and oxygen atoms in total. The Morgan fingerprint density at radius 3 is 1.79 bits per heavy atom. The minimum absolute atomic E-state index is 0.107. The second-order valence-electron chi connectivity index (χ2n) is 8.14. The van der Waals surface area contributed by atoms with Gasteiger partial charge in [-0.1, -0.05) is 61.3 Å². The minimum atomic E-state index is -2.48. The zero-order valence-electron chi connectivity index (χ0n) is 17.0. The summed E-state index contributed by atoms with van der Waals surface area (Å²) in [6, 6.07) is 0. The molecule has 0 bridgehead atoms. The van der Waals surface area contributed by atoms with Crippen LogP contribution in [0.2, 0.25) is 22.2 Å². The van der Waals surface area contributed by atoms with Gasteiger partial charge in [-0.2, -0.15) is 0 Å². The minimum Gasteiger partial charge on any atom is -0.414 e. The number of hydrogen-bond acceptors (Lipinski definition) is 3. The van der Waals surface area contributed by atoms with Crippen LogP contribution in [0.5, 0.6) is 0 Å². The van der Waals surface area contributed by atoms with Crippen molar-refractivity contribution in [3.63, 3.8) is 0 Å². The summed E-state index contributed by atoms with van der Waals surface area (Å²) in [5, 5.41) is 0. The van der Waals surface area contributed by atoms with Crippen LogP contribution in [0, 0.1) is 12.3 Å². The summed E-state index contributed by atoms with van der Waals surface area (Å²) in [5.74, 6) is 2.63. The predicted molar refractivity (Wildman–Crippen MR) is 106 cm³/mol.